The number of hydrogen-bond acceptors (Lipinski definition) is 5. The predicted molar refractivity (Wildman–Crippen MR) is 107 cm³/mol. The summed E-state index contributed by atoms with van der Waals surface area (Å²) in [6.07, 6.45) is 4.29. The van der Waals surface area contributed by atoms with Crippen LogP contribution >= 0.6 is 11.6 Å². The van der Waals surface area contributed by atoms with Gasteiger partial charge in [-0.05, 0) is 50.5 Å². The van der Waals surface area contributed by atoms with E-state index in [1.807, 2.05) is 24.3 Å². The number of ether oxygens (including phenoxy) is 2. The van der Waals surface area contributed by atoms with Gasteiger partial charge in [0.05, 0.1) is 18.8 Å². The highest BCUT2D eigenvalue weighted by molar-refractivity contribution is 6.30. The molecule has 156 valence electrons. The summed E-state index contributed by atoms with van der Waals surface area (Å²) in [5, 5.41) is 15.5. The number of halogens is 1. The Hall–Kier alpha value is -2.09. The molecule has 1 aliphatic rings. The smallest absolute Gasteiger partial charge is 0.414 e. The maximum atomic E-state index is 9.10. The van der Waals surface area contributed by atoms with Crippen molar-refractivity contribution in [1.82, 2.24) is 4.90 Å². The number of carbonyl (C=O) groups is 2. The topological polar surface area (TPSA) is 96.3 Å². The van der Waals surface area contributed by atoms with E-state index in [1.165, 1.54) is 0 Å². The minimum absolute atomic E-state index is 0.320. The summed E-state index contributed by atoms with van der Waals surface area (Å²) in [6, 6.07) is 5.76. The van der Waals surface area contributed by atoms with Gasteiger partial charge < -0.3 is 19.7 Å². The Morgan fingerprint density at radius 1 is 1.29 bits per heavy atom. The number of hydrogen-bond donors (Lipinski definition) is 2. The molecule has 1 aliphatic heterocycles. The molecule has 0 spiro atoms. The van der Waals surface area contributed by atoms with Crippen LogP contribution in [0, 0.1) is 0 Å². The predicted octanol–water partition coefficient (Wildman–Crippen LogP) is 3.10. The maximum absolute atomic E-state index is 9.10. The molecule has 28 heavy (non-hydrogen) atoms. The molecule has 0 aliphatic carbocycles. The summed E-state index contributed by atoms with van der Waals surface area (Å²) in [7, 11) is 0. The molecular weight excluding hydrogens is 386 g/mol. The number of rotatable bonds is 7. The van der Waals surface area contributed by atoms with E-state index in [9.17, 15) is 0 Å². The lowest BCUT2D eigenvalue weighted by Gasteiger charge is -2.35. The van der Waals surface area contributed by atoms with Gasteiger partial charge in [0.2, 0.25) is 0 Å². The second-order valence-electron chi connectivity index (χ2n) is 6.57. The summed E-state index contributed by atoms with van der Waals surface area (Å²) >= 11 is 6.03. The van der Waals surface area contributed by atoms with Gasteiger partial charge in [-0.2, -0.15) is 0 Å². The number of allylic oxidation sites excluding steroid dienone is 1. The molecule has 1 fully saturated rings. The van der Waals surface area contributed by atoms with Gasteiger partial charge >= 0.3 is 11.9 Å². The maximum Gasteiger partial charge on any atom is 0.414 e. The summed E-state index contributed by atoms with van der Waals surface area (Å²) in [5.74, 6) is -2.74. The fourth-order valence-corrected chi connectivity index (χ4v) is 3.14. The largest absolute Gasteiger partial charge is 0.493 e. The Bertz CT molecular complexity index is 644. The summed E-state index contributed by atoms with van der Waals surface area (Å²) in [4.78, 5) is 20.7. The first-order valence-corrected chi connectivity index (χ1v) is 9.46. The Labute approximate surface area is 170 Å². The van der Waals surface area contributed by atoms with Crippen LogP contribution in [0.3, 0.4) is 0 Å². The lowest BCUT2D eigenvalue weighted by molar-refractivity contribution is -0.159. The molecule has 0 radical (unpaired) electrons. The molecule has 0 bridgehead atoms. The van der Waals surface area contributed by atoms with Crippen LogP contribution in [0.1, 0.15) is 25.8 Å². The van der Waals surface area contributed by atoms with Gasteiger partial charge in [0, 0.05) is 24.7 Å². The van der Waals surface area contributed by atoms with Crippen LogP contribution in [0.2, 0.25) is 5.02 Å². The van der Waals surface area contributed by atoms with Crippen molar-refractivity contribution in [3.8, 4) is 5.75 Å². The van der Waals surface area contributed by atoms with E-state index in [4.69, 9.17) is 40.9 Å². The minimum atomic E-state index is -1.82. The average molecular weight is 414 g/mol. The molecule has 7 nitrogen and oxygen atoms in total. The van der Waals surface area contributed by atoms with Gasteiger partial charge in [0.15, 0.2) is 0 Å². The first-order chi connectivity index (χ1) is 13.2. The Morgan fingerprint density at radius 3 is 2.43 bits per heavy atom. The zero-order valence-electron chi connectivity index (χ0n) is 16.3. The molecule has 0 saturated carbocycles. The van der Waals surface area contributed by atoms with Crippen molar-refractivity contribution in [2.24, 2.45) is 0 Å². The second kappa shape index (κ2) is 12.4. The highest BCUT2D eigenvalue weighted by Crippen LogP contribution is 2.24. The number of carboxylic acids is 2. The van der Waals surface area contributed by atoms with Gasteiger partial charge in [0.1, 0.15) is 5.75 Å². The molecule has 1 aromatic carbocycles. The molecular formula is C20H28ClNO6. The molecule has 1 heterocycles. The number of aliphatic carboxylic acids is 2. The molecule has 0 aromatic heterocycles. The van der Waals surface area contributed by atoms with E-state index in [0.29, 0.717) is 18.8 Å². The highest BCUT2D eigenvalue weighted by atomic mass is 35.5. The van der Waals surface area contributed by atoms with Crippen molar-refractivity contribution < 1.29 is 29.3 Å². The monoisotopic (exact) mass is 413 g/mol. The molecule has 0 amide bonds. The Kier molecular flexibility index (Phi) is 10.6. The van der Waals surface area contributed by atoms with Crippen LogP contribution < -0.4 is 4.74 Å². The number of nitrogens with zero attached hydrogens (tertiary/aromatic N) is 1. The summed E-state index contributed by atoms with van der Waals surface area (Å²) in [6.45, 7) is 11.8. The lowest BCUT2D eigenvalue weighted by Crippen LogP contribution is -2.45. The molecule has 2 atom stereocenters. The zero-order chi connectivity index (χ0) is 21.1. The van der Waals surface area contributed by atoms with E-state index in [1.54, 1.807) is 0 Å². The van der Waals surface area contributed by atoms with Crippen molar-refractivity contribution in [3.63, 3.8) is 0 Å². The fraction of sp³-hybridized carbons (Fsp3) is 0.500. The molecule has 2 unspecified atom stereocenters. The fourth-order valence-electron chi connectivity index (χ4n) is 2.94. The number of carboxylic acid groups (broad SMARTS) is 2. The zero-order valence-corrected chi connectivity index (χ0v) is 17.0. The summed E-state index contributed by atoms with van der Waals surface area (Å²) in [5.41, 5.74) is 1.09. The van der Waals surface area contributed by atoms with E-state index in [0.717, 1.165) is 48.8 Å². The van der Waals surface area contributed by atoms with E-state index in [-0.39, 0.29) is 0 Å². The third kappa shape index (κ3) is 9.21. The minimum Gasteiger partial charge on any atom is -0.493 e. The SMILES string of the molecule is C=CCc1cc(Cl)ccc1OCCCN1CC(C)OC(C)C1.O=C(O)C(=O)O. The van der Waals surface area contributed by atoms with Crippen LogP contribution in [0.5, 0.6) is 5.75 Å². The van der Waals surface area contributed by atoms with Crippen LogP contribution in [-0.2, 0) is 20.7 Å². The summed E-state index contributed by atoms with van der Waals surface area (Å²) < 4.78 is 11.7. The third-order valence-electron chi connectivity index (χ3n) is 3.94. The second-order valence-corrected chi connectivity index (χ2v) is 7.01. The van der Waals surface area contributed by atoms with Crippen molar-refractivity contribution >= 4 is 23.5 Å². The van der Waals surface area contributed by atoms with Gasteiger partial charge in [-0.1, -0.05) is 17.7 Å². The van der Waals surface area contributed by atoms with Gasteiger partial charge in [0.25, 0.3) is 0 Å². The first-order valence-electron chi connectivity index (χ1n) is 9.09. The quantitative estimate of drug-likeness (QED) is 0.402. The van der Waals surface area contributed by atoms with E-state index < -0.39 is 11.9 Å². The first kappa shape index (κ1) is 23.9. The van der Waals surface area contributed by atoms with Crippen LogP contribution in [0.25, 0.3) is 0 Å². The molecule has 1 saturated heterocycles. The van der Waals surface area contributed by atoms with Crippen LogP contribution in [0.15, 0.2) is 30.9 Å². The standard InChI is InChI=1S/C18H26ClNO2.C2H2O4/c1-4-6-16-11-17(19)7-8-18(16)21-10-5-9-20-12-14(2)22-15(3)13-20;3-1(4)2(5)6/h4,7-8,11,14-15H,1,5-6,9-10,12-13H2,2-3H3;(H,3,4)(H,5,6). The van der Waals surface area contributed by atoms with Gasteiger partial charge in [-0.25, -0.2) is 9.59 Å². The lowest BCUT2D eigenvalue weighted by atomic mass is 10.1. The van der Waals surface area contributed by atoms with Crippen molar-refractivity contribution in [3.05, 3.63) is 41.4 Å². The average Bonchev–Trinajstić information content (AvgIpc) is 2.60. The van der Waals surface area contributed by atoms with Crippen LogP contribution in [-0.4, -0.2) is 65.5 Å². The van der Waals surface area contributed by atoms with Crippen molar-refractivity contribution in [2.75, 3.05) is 26.2 Å². The van der Waals surface area contributed by atoms with Crippen molar-refractivity contribution in [1.29, 1.82) is 0 Å². The Balaban J connectivity index is 0.000000568. The Morgan fingerprint density at radius 2 is 1.89 bits per heavy atom. The third-order valence-corrected chi connectivity index (χ3v) is 4.18. The normalized spacial score (nSPS) is 19.2. The molecule has 1 aromatic rings. The van der Waals surface area contributed by atoms with Gasteiger partial charge in [-0.3, -0.25) is 4.90 Å². The highest BCUT2D eigenvalue weighted by Gasteiger charge is 2.21. The number of morpholine rings is 1. The molecule has 2 N–H and O–H groups in total. The molecule has 2 rings (SSSR count). The van der Waals surface area contributed by atoms with E-state index >= 15 is 0 Å². The van der Waals surface area contributed by atoms with Gasteiger partial charge in [-0.15, -0.1) is 6.58 Å². The van der Waals surface area contributed by atoms with Crippen molar-refractivity contribution in [2.45, 2.75) is 38.9 Å². The molecule has 8 heteroatoms. The number of benzene rings is 1. The van der Waals surface area contributed by atoms with E-state index in [2.05, 4.69) is 25.3 Å². The van der Waals surface area contributed by atoms with Crippen LogP contribution in [0.4, 0.5) is 0 Å².